The molecule has 0 aliphatic heterocycles. The summed E-state index contributed by atoms with van der Waals surface area (Å²) in [6.45, 7) is 0. The molecule has 9 heteroatoms. The first-order valence-corrected chi connectivity index (χ1v) is 8.11. The molecule has 0 bridgehead atoms. The van der Waals surface area contributed by atoms with Crippen LogP contribution in [0.3, 0.4) is 0 Å². The van der Waals surface area contributed by atoms with Crippen molar-refractivity contribution in [3.63, 3.8) is 0 Å². The van der Waals surface area contributed by atoms with Gasteiger partial charge in [-0.2, -0.15) is 0 Å². The van der Waals surface area contributed by atoms with Crippen LogP contribution in [0.1, 0.15) is 20.7 Å². The summed E-state index contributed by atoms with van der Waals surface area (Å²) in [5, 5.41) is 14.4. The lowest BCUT2D eigenvalue weighted by Crippen LogP contribution is -2.24. The van der Waals surface area contributed by atoms with Crippen LogP contribution >= 0.6 is 0 Å². The minimum absolute atomic E-state index is 0.0502. The SMILES string of the molecule is CNc1cc(F)cc2c(OC)c(C(=O)Nc3ccc(C(=O)O)cc3)c(=O)[nH]c12. The molecule has 1 aromatic heterocycles. The molecular formula is C19H16FN3O5. The molecule has 3 rings (SSSR count). The van der Waals surface area contributed by atoms with Crippen LogP contribution < -0.4 is 20.9 Å². The quantitative estimate of drug-likeness (QED) is 0.536. The van der Waals surface area contributed by atoms with E-state index in [1.807, 2.05) is 0 Å². The van der Waals surface area contributed by atoms with E-state index in [1.54, 1.807) is 7.05 Å². The van der Waals surface area contributed by atoms with Gasteiger partial charge < -0.3 is 25.5 Å². The predicted molar refractivity (Wildman–Crippen MR) is 102 cm³/mol. The number of carboxylic acids is 1. The molecule has 0 unspecified atom stereocenters. The Morgan fingerprint density at radius 3 is 2.43 bits per heavy atom. The van der Waals surface area contributed by atoms with Crippen molar-refractivity contribution < 1.29 is 23.8 Å². The zero-order valence-electron chi connectivity index (χ0n) is 14.9. The fourth-order valence-electron chi connectivity index (χ4n) is 2.84. The van der Waals surface area contributed by atoms with Gasteiger partial charge in [-0.1, -0.05) is 0 Å². The van der Waals surface area contributed by atoms with Gasteiger partial charge in [0, 0.05) is 18.1 Å². The second-order valence-corrected chi connectivity index (χ2v) is 5.82. The Hall–Kier alpha value is -3.88. The first-order valence-electron chi connectivity index (χ1n) is 8.11. The van der Waals surface area contributed by atoms with Crippen LogP contribution in [0, 0.1) is 5.82 Å². The molecule has 2 aromatic carbocycles. The van der Waals surface area contributed by atoms with E-state index in [1.165, 1.54) is 37.4 Å². The van der Waals surface area contributed by atoms with E-state index in [2.05, 4.69) is 15.6 Å². The summed E-state index contributed by atoms with van der Waals surface area (Å²) in [6.07, 6.45) is 0. The standard InChI is InChI=1S/C19H16FN3O5/c1-21-13-8-10(20)7-12-15(13)23-18(25)14(16(12)28-2)17(24)22-11-5-3-9(4-6-11)19(26)27/h3-8,21H,1-2H3,(H,22,24)(H,23,25)(H,26,27). The Morgan fingerprint density at radius 1 is 1.18 bits per heavy atom. The highest BCUT2D eigenvalue weighted by atomic mass is 19.1. The van der Waals surface area contributed by atoms with E-state index in [0.29, 0.717) is 11.2 Å². The Kier molecular flexibility index (Phi) is 4.99. The van der Waals surface area contributed by atoms with E-state index < -0.39 is 23.3 Å². The maximum absolute atomic E-state index is 13.9. The van der Waals surface area contributed by atoms with Crippen LogP contribution in [0.25, 0.3) is 10.9 Å². The Bertz CT molecular complexity index is 1140. The molecule has 3 aromatic rings. The van der Waals surface area contributed by atoms with Gasteiger partial charge >= 0.3 is 5.97 Å². The van der Waals surface area contributed by atoms with E-state index in [0.717, 1.165) is 6.07 Å². The van der Waals surface area contributed by atoms with Crippen LogP contribution in [0.15, 0.2) is 41.2 Å². The van der Waals surface area contributed by atoms with Gasteiger partial charge in [-0.15, -0.1) is 0 Å². The number of carboxylic acid groups (broad SMARTS) is 1. The fraction of sp³-hybridized carbons (Fsp3) is 0.105. The summed E-state index contributed by atoms with van der Waals surface area (Å²) < 4.78 is 19.2. The number of nitrogens with one attached hydrogen (secondary N) is 3. The van der Waals surface area contributed by atoms with Crippen molar-refractivity contribution in [3.05, 3.63) is 63.7 Å². The number of pyridine rings is 1. The maximum Gasteiger partial charge on any atom is 0.335 e. The zero-order chi connectivity index (χ0) is 20.4. The highest BCUT2D eigenvalue weighted by molar-refractivity contribution is 6.10. The van der Waals surface area contributed by atoms with Gasteiger partial charge in [0.05, 0.1) is 23.9 Å². The number of benzene rings is 2. The number of ether oxygens (including phenoxy) is 1. The highest BCUT2D eigenvalue weighted by Gasteiger charge is 2.22. The molecule has 8 nitrogen and oxygen atoms in total. The van der Waals surface area contributed by atoms with Crippen LogP contribution in [-0.2, 0) is 0 Å². The Labute approximate surface area is 158 Å². The number of rotatable bonds is 5. The number of fused-ring (bicyclic) bond motifs is 1. The van der Waals surface area contributed by atoms with Crippen molar-refractivity contribution in [2.75, 3.05) is 24.8 Å². The normalized spacial score (nSPS) is 10.5. The molecule has 0 fully saturated rings. The molecule has 0 spiro atoms. The first-order chi connectivity index (χ1) is 13.3. The van der Waals surface area contributed by atoms with Crippen LogP contribution in [-0.4, -0.2) is 36.1 Å². The number of hydrogen-bond acceptors (Lipinski definition) is 5. The average molecular weight is 385 g/mol. The van der Waals surface area contributed by atoms with Gasteiger partial charge in [-0.25, -0.2) is 9.18 Å². The summed E-state index contributed by atoms with van der Waals surface area (Å²) in [5.74, 6) is -2.53. The number of aromatic carboxylic acids is 1. The predicted octanol–water partition coefficient (Wildman–Crippen LogP) is 2.67. The molecule has 1 heterocycles. The number of carbonyl (C=O) groups is 2. The number of aromatic amines is 1. The van der Waals surface area contributed by atoms with Crippen LogP contribution in [0.2, 0.25) is 0 Å². The lowest BCUT2D eigenvalue weighted by Gasteiger charge is -2.14. The molecule has 1 amide bonds. The van der Waals surface area contributed by atoms with Gasteiger partial charge in [-0.05, 0) is 36.4 Å². The van der Waals surface area contributed by atoms with Crippen molar-refractivity contribution in [2.24, 2.45) is 0 Å². The number of hydrogen-bond donors (Lipinski definition) is 4. The molecule has 0 radical (unpaired) electrons. The average Bonchev–Trinajstić information content (AvgIpc) is 2.67. The van der Waals surface area contributed by atoms with Gasteiger partial charge in [-0.3, -0.25) is 9.59 Å². The number of H-pyrrole nitrogens is 1. The van der Waals surface area contributed by atoms with Crippen molar-refractivity contribution >= 4 is 34.2 Å². The van der Waals surface area contributed by atoms with Gasteiger partial charge in [0.2, 0.25) is 0 Å². The highest BCUT2D eigenvalue weighted by Crippen LogP contribution is 2.31. The number of halogens is 1. The number of anilines is 2. The monoisotopic (exact) mass is 385 g/mol. The molecule has 0 aliphatic rings. The lowest BCUT2D eigenvalue weighted by atomic mass is 10.1. The maximum atomic E-state index is 13.9. The zero-order valence-corrected chi connectivity index (χ0v) is 14.9. The summed E-state index contributed by atoms with van der Waals surface area (Å²) in [6, 6.07) is 7.78. The molecule has 0 saturated heterocycles. The summed E-state index contributed by atoms with van der Waals surface area (Å²) >= 11 is 0. The van der Waals surface area contributed by atoms with Gasteiger partial charge in [0.15, 0.2) is 0 Å². The third-order valence-corrected chi connectivity index (χ3v) is 4.13. The van der Waals surface area contributed by atoms with Crippen LogP contribution in [0.4, 0.5) is 15.8 Å². The fourth-order valence-corrected chi connectivity index (χ4v) is 2.84. The van der Waals surface area contributed by atoms with Gasteiger partial charge in [0.1, 0.15) is 17.1 Å². The van der Waals surface area contributed by atoms with Gasteiger partial charge in [0.25, 0.3) is 11.5 Å². The van der Waals surface area contributed by atoms with Crippen molar-refractivity contribution in [1.29, 1.82) is 0 Å². The smallest absolute Gasteiger partial charge is 0.335 e. The van der Waals surface area contributed by atoms with Crippen LogP contribution in [0.5, 0.6) is 5.75 Å². The number of methoxy groups -OCH3 is 1. The van der Waals surface area contributed by atoms with E-state index in [4.69, 9.17) is 9.84 Å². The second-order valence-electron chi connectivity index (χ2n) is 5.82. The minimum Gasteiger partial charge on any atom is -0.495 e. The molecule has 144 valence electrons. The van der Waals surface area contributed by atoms with Crippen molar-refractivity contribution in [3.8, 4) is 5.75 Å². The third-order valence-electron chi connectivity index (χ3n) is 4.13. The first kappa shape index (κ1) is 18.9. The second kappa shape index (κ2) is 7.39. The molecular weight excluding hydrogens is 369 g/mol. The van der Waals surface area contributed by atoms with E-state index in [9.17, 15) is 18.8 Å². The van der Waals surface area contributed by atoms with E-state index >= 15 is 0 Å². The number of carbonyl (C=O) groups excluding carboxylic acids is 1. The summed E-state index contributed by atoms with van der Waals surface area (Å²) in [4.78, 5) is 38.7. The number of amides is 1. The molecule has 0 aliphatic carbocycles. The third kappa shape index (κ3) is 3.37. The molecule has 0 saturated carbocycles. The Morgan fingerprint density at radius 2 is 1.86 bits per heavy atom. The lowest BCUT2D eigenvalue weighted by molar-refractivity contribution is 0.0696. The molecule has 0 atom stereocenters. The number of aromatic nitrogens is 1. The largest absolute Gasteiger partial charge is 0.495 e. The topological polar surface area (TPSA) is 121 Å². The Balaban J connectivity index is 2.09. The summed E-state index contributed by atoms with van der Waals surface area (Å²) in [7, 11) is 2.84. The van der Waals surface area contributed by atoms with E-state index in [-0.39, 0.29) is 28.0 Å². The molecule has 28 heavy (non-hydrogen) atoms. The van der Waals surface area contributed by atoms with Crippen molar-refractivity contribution in [1.82, 2.24) is 4.98 Å². The minimum atomic E-state index is -1.10. The summed E-state index contributed by atoms with van der Waals surface area (Å²) in [5.41, 5.74) is -0.0762. The molecule has 4 N–H and O–H groups in total. The van der Waals surface area contributed by atoms with Crippen molar-refractivity contribution in [2.45, 2.75) is 0 Å².